The van der Waals surface area contributed by atoms with Crippen LogP contribution < -0.4 is 4.90 Å². The van der Waals surface area contributed by atoms with Gasteiger partial charge >= 0.3 is 0 Å². The van der Waals surface area contributed by atoms with Crippen LogP contribution in [0.15, 0.2) is 84.1 Å². The van der Waals surface area contributed by atoms with Gasteiger partial charge in [0.1, 0.15) is 0 Å². The van der Waals surface area contributed by atoms with E-state index in [-0.39, 0.29) is 17.5 Å². The third-order valence-corrected chi connectivity index (χ3v) is 8.85. The molecule has 1 aliphatic rings. The van der Waals surface area contributed by atoms with E-state index in [0.717, 1.165) is 33.6 Å². The van der Waals surface area contributed by atoms with E-state index >= 15 is 0 Å². The highest BCUT2D eigenvalue weighted by atomic mass is 32.2. The molecule has 4 aromatic rings. The highest BCUT2D eigenvalue weighted by molar-refractivity contribution is 7.89. The number of nitrogens with one attached hydrogen (secondary N) is 1. The van der Waals surface area contributed by atoms with Crippen molar-refractivity contribution >= 4 is 15.7 Å². The summed E-state index contributed by atoms with van der Waals surface area (Å²) in [6.45, 7) is 5.36. The van der Waals surface area contributed by atoms with Crippen LogP contribution in [0, 0.1) is 25.2 Å². The monoisotopic (exact) mass is 511 g/mol. The SMILES string of the molecule is Cc1ccc(C)c(CN(C2Cc3cc(C#N)ccc3N(Cc3cnc[nH]3)C2)S(=O)(=O)c2ccccc2)c1. The summed E-state index contributed by atoms with van der Waals surface area (Å²) in [5.41, 5.74) is 6.59. The van der Waals surface area contributed by atoms with Crippen LogP contribution in [-0.2, 0) is 29.5 Å². The smallest absolute Gasteiger partial charge is 0.243 e. The normalized spacial score (nSPS) is 15.4. The number of H-pyrrole nitrogens is 1. The Balaban J connectivity index is 1.60. The van der Waals surface area contributed by atoms with E-state index in [1.807, 2.05) is 50.2 Å². The van der Waals surface area contributed by atoms with Gasteiger partial charge in [-0.3, -0.25) is 0 Å². The molecule has 188 valence electrons. The maximum absolute atomic E-state index is 14.1. The molecular formula is C29H29N5O2S. The number of sulfonamides is 1. The molecule has 1 aromatic heterocycles. The van der Waals surface area contributed by atoms with Gasteiger partial charge in [-0.25, -0.2) is 13.4 Å². The number of fused-ring (bicyclic) bond motifs is 1. The van der Waals surface area contributed by atoms with Crippen LogP contribution in [0.1, 0.15) is 33.5 Å². The summed E-state index contributed by atoms with van der Waals surface area (Å²) in [4.78, 5) is 9.75. The molecule has 0 amide bonds. The zero-order valence-corrected chi connectivity index (χ0v) is 21.7. The second-order valence-electron chi connectivity index (χ2n) is 9.56. The van der Waals surface area contributed by atoms with Gasteiger partial charge in [-0.2, -0.15) is 9.57 Å². The lowest BCUT2D eigenvalue weighted by Gasteiger charge is -2.41. The average Bonchev–Trinajstić information content (AvgIpc) is 3.42. The van der Waals surface area contributed by atoms with Crippen LogP contribution in [0.25, 0.3) is 0 Å². The van der Waals surface area contributed by atoms with Crippen LogP contribution in [0.5, 0.6) is 0 Å². The van der Waals surface area contributed by atoms with Crippen LogP contribution in [-0.4, -0.2) is 35.3 Å². The molecule has 5 rings (SSSR count). The van der Waals surface area contributed by atoms with Gasteiger partial charge in [0.05, 0.1) is 35.1 Å². The fourth-order valence-electron chi connectivity index (χ4n) is 4.99. The second-order valence-corrected chi connectivity index (χ2v) is 11.5. The van der Waals surface area contributed by atoms with Crippen molar-refractivity contribution in [3.05, 3.63) is 113 Å². The van der Waals surface area contributed by atoms with Crippen molar-refractivity contribution in [1.82, 2.24) is 14.3 Å². The molecule has 8 heteroatoms. The molecule has 0 spiro atoms. The van der Waals surface area contributed by atoms with Gasteiger partial charge in [0, 0.05) is 31.0 Å². The first-order valence-electron chi connectivity index (χ1n) is 12.2. The standard InChI is InChI=1S/C29H29N5O2S/c1-21-8-9-22(2)25(12-21)17-34(37(35,36)28-6-4-3-5-7-28)27-14-24-13-23(15-30)10-11-29(24)33(19-27)18-26-16-31-20-32-26/h3-13,16,20,27H,14,17-19H2,1-2H3,(H,31,32). The Hall–Kier alpha value is -3.93. The number of imidazole rings is 1. The number of hydrogen-bond donors (Lipinski definition) is 1. The van der Waals surface area contributed by atoms with E-state index in [2.05, 4.69) is 27.0 Å². The number of benzene rings is 3. The largest absolute Gasteiger partial charge is 0.364 e. The predicted molar refractivity (Wildman–Crippen MR) is 143 cm³/mol. The molecule has 0 fully saturated rings. The molecule has 0 radical (unpaired) electrons. The van der Waals surface area contributed by atoms with E-state index in [0.29, 0.717) is 25.1 Å². The molecule has 1 unspecified atom stereocenters. The van der Waals surface area contributed by atoms with Gasteiger partial charge in [0.25, 0.3) is 0 Å². The Kier molecular flexibility index (Phi) is 6.83. The molecule has 1 aliphatic heterocycles. The third-order valence-electron chi connectivity index (χ3n) is 6.94. The fourth-order valence-corrected chi connectivity index (χ4v) is 6.61. The maximum Gasteiger partial charge on any atom is 0.243 e. The number of nitrogens with zero attached hydrogens (tertiary/aromatic N) is 4. The number of aromatic nitrogens is 2. The zero-order valence-electron chi connectivity index (χ0n) is 20.9. The minimum absolute atomic E-state index is 0.264. The van der Waals surface area contributed by atoms with E-state index in [1.54, 1.807) is 41.1 Å². The first-order chi connectivity index (χ1) is 17.8. The predicted octanol–water partition coefficient (Wildman–Crippen LogP) is 4.72. The van der Waals surface area contributed by atoms with Gasteiger partial charge < -0.3 is 9.88 Å². The lowest BCUT2D eigenvalue weighted by molar-refractivity contribution is 0.302. The van der Waals surface area contributed by atoms with Crippen molar-refractivity contribution in [2.75, 3.05) is 11.4 Å². The number of anilines is 1. The molecule has 2 heterocycles. The quantitative estimate of drug-likeness (QED) is 0.388. The van der Waals surface area contributed by atoms with E-state index < -0.39 is 10.0 Å². The molecule has 0 aliphatic carbocycles. The Labute approximate surface area is 218 Å². The Bertz CT molecular complexity index is 1540. The Morgan fingerprint density at radius 2 is 1.92 bits per heavy atom. The highest BCUT2D eigenvalue weighted by Crippen LogP contribution is 2.34. The maximum atomic E-state index is 14.1. The minimum atomic E-state index is -3.81. The van der Waals surface area contributed by atoms with Crippen LogP contribution >= 0.6 is 0 Å². The molecule has 1 N–H and O–H groups in total. The first kappa shape index (κ1) is 24.8. The van der Waals surface area contributed by atoms with Gasteiger partial charge in [0.2, 0.25) is 10.0 Å². The molecule has 37 heavy (non-hydrogen) atoms. The van der Waals surface area contributed by atoms with Crippen LogP contribution in [0.3, 0.4) is 0 Å². The summed E-state index contributed by atoms with van der Waals surface area (Å²) in [7, 11) is -3.81. The highest BCUT2D eigenvalue weighted by Gasteiger charge is 2.36. The lowest BCUT2D eigenvalue weighted by Crippen LogP contribution is -2.50. The summed E-state index contributed by atoms with van der Waals surface area (Å²) in [5, 5.41) is 9.53. The average molecular weight is 512 g/mol. The molecule has 0 saturated carbocycles. The number of aryl methyl sites for hydroxylation is 2. The molecular weight excluding hydrogens is 482 g/mol. The number of nitriles is 1. The number of hydrogen-bond acceptors (Lipinski definition) is 5. The fraction of sp³-hybridized carbons (Fsp3) is 0.241. The number of aromatic amines is 1. The Morgan fingerprint density at radius 1 is 1.11 bits per heavy atom. The molecule has 7 nitrogen and oxygen atoms in total. The van der Waals surface area contributed by atoms with Gasteiger partial charge in [-0.1, -0.05) is 42.0 Å². The van der Waals surface area contributed by atoms with Crippen molar-refractivity contribution in [2.45, 2.75) is 44.3 Å². The van der Waals surface area contributed by atoms with Gasteiger partial charge in [0.15, 0.2) is 0 Å². The Morgan fingerprint density at radius 3 is 2.65 bits per heavy atom. The summed E-state index contributed by atoms with van der Waals surface area (Å²) < 4.78 is 29.9. The van der Waals surface area contributed by atoms with Crippen molar-refractivity contribution < 1.29 is 8.42 Å². The molecule has 1 atom stereocenters. The van der Waals surface area contributed by atoms with E-state index in [1.165, 1.54) is 0 Å². The minimum Gasteiger partial charge on any atom is -0.364 e. The van der Waals surface area contributed by atoms with E-state index in [4.69, 9.17) is 0 Å². The summed E-state index contributed by atoms with van der Waals surface area (Å²) in [6, 6.07) is 22.3. The summed E-state index contributed by atoms with van der Waals surface area (Å²) in [5.74, 6) is 0. The second kappa shape index (κ2) is 10.2. The van der Waals surface area contributed by atoms with Crippen molar-refractivity contribution in [3.8, 4) is 6.07 Å². The topological polar surface area (TPSA) is 93.1 Å². The number of rotatable bonds is 7. The summed E-state index contributed by atoms with van der Waals surface area (Å²) in [6.07, 6.45) is 3.94. The van der Waals surface area contributed by atoms with Gasteiger partial charge in [-0.15, -0.1) is 0 Å². The molecule has 0 bridgehead atoms. The first-order valence-corrected chi connectivity index (χ1v) is 13.7. The molecule has 3 aromatic carbocycles. The van der Waals surface area contributed by atoms with Gasteiger partial charge in [-0.05, 0) is 67.3 Å². The lowest BCUT2D eigenvalue weighted by atomic mass is 9.95. The van der Waals surface area contributed by atoms with Crippen LogP contribution in [0.2, 0.25) is 0 Å². The third kappa shape index (κ3) is 5.15. The summed E-state index contributed by atoms with van der Waals surface area (Å²) >= 11 is 0. The zero-order chi connectivity index (χ0) is 26.0. The van der Waals surface area contributed by atoms with Crippen molar-refractivity contribution in [2.24, 2.45) is 0 Å². The van der Waals surface area contributed by atoms with Crippen molar-refractivity contribution in [1.29, 1.82) is 5.26 Å². The molecule has 0 saturated heterocycles. The van der Waals surface area contributed by atoms with E-state index in [9.17, 15) is 13.7 Å². The van der Waals surface area contributed by atoms with Crippen LogP contribution in [0.4, 0.5) is 5.69 Å². The van der Waals surface area contributed by atoms with Crippen molar-refractivity contribution in [3.63, 3.8) is 0 Å².